The van der Waals surface area contributed by atoms with Gasteiger partial charge in [-0.25, -0.2) is 4.79 Å². The summed E-state index contributed by atoms with van der Waals surface area (Å²) >= 11 is 0. The van der Waals surface area contributed by atoms with Crippen molar-refractivity contribution in [3.05, 3.63) is 24.2 Å². The van der Waals surface area contributed by atoms with E-state index in [0.717, 1.165) is 25.9 Å². The van der Waals surface area contributed by atoms with Gasteiger partial charge in [0.25, 0.3) is 0 Å². The van der Waals surface area contributed by atoms with Crippen LogP contribution < -0.4 is 16.0 Å². The lowest BCUT2D eigenvalue weighted by Gasteiger charge is -2.32. The van der Waals surface area contributed by atoms with Gasteiger partial charge in [-0.3, -0.25) is 9.69 Å². The quantitative estimate of drug-likeness (QED) is 0.750. The van der Waals surface area contributed by atoms with Gasteiger partial charge >= 0.3 is 6.03 Å². The molecule has 3 amide bonds. The third kappa shape index (κ3) is 4.25. The van der Waals surface area contributed by atoms with E-state index in [1.165, 1.54) is 12.8 Å². The molecule has 3 heterocycles. The van der Waals surface area contributed by atoms with Gasteiger partial charge in [0.05, 0.1) is 19.4 Å². The normalized spacial score (nSPS) is 24.0. The number of hydrogen-bond acceptors (Lipinski definition) is 4. The van der Waals surface area contributed by atoms with Crippen molar-refractivity contribution < 1.29 is 14.0 Å². The molecule has 3 N–H and O–H groups in total. The highest BCUT2D eigenvalue weighted by atomic mass is 16.3. The molecule has 0 radical (unpaired) electrons. The highest BCUT2D eigenvalue weighted by molar-refractivity contribution is 5.83. The van der Waals surface area contributed by atoms with E-state index in [4.69, 9.17) is 4.42 Å². The Morgan fingerprint density at radius 3 is 2.96 bits per heavy atom. The van der Waals surface area contributed by atoms with Gasteiger partial charge in [-0.05, 0) is 37.9 Å². The van der Waals surface area contributed by atoms with Crippen molar-refractivity contribution in [2.24, 2.45) is 0 Å². The number of carbonyl (C=O) groups excluding carboxylic acids is 2. The number of furan rings is 1. The first kappa shape index (κ1) is 15.9. The van der Waals surface area contributed by atoms with Gasteiger partial charge in [-0.1, -0.05) is 6.42 Å². The Labute approximate surface area is 135 Å². The van der Waals surface area contributed by atoms with E-state index in [1.54, 1.807) is 18.4 Å². The molecular weight excluding hydrogens is 296 g/mol. The number of carbonyl (C=O) groups is 2. The number of piperidine rings is 1. The second-order valence-electron chi connectivity index (χ2n) is 6.18. The lowest BCUT2D eigenvalue weighted by Crippen LogP contribution is -2.50. The first-order valence-electron chi connectivity index (χ1n) is 8.30. The van der Waals surface area contributed by atoms with Crippen LogP contribution in [0.15, 0.2) is 22.8 Å². The number of amides is 3. The summed E-state index contributed by atoms with van der Waals surface area (Å²) in [6, 6.07) is 3.94. The monoisotopic (exact) mass is 320 g/mol. The van der Waals surface area contributed by atoms with E-state index in [1.807, 2.05) is 0 Å². The zero-order chi connectivity index (χ0) is 16.1. The molecule has 0 aromatic carbocycles. The third-order valence-electron chi connectivity index (χ3n) is 4.62. The van der Waals surface area contributed by atoms with Crippen LogP contribution in [0.5, 0.6) is 0 Å². The molecule has 1 aromatic heterocycles. The van der Waals surface area contributed by atoms with E-state index < -0.39 is 0 Å². The summed E-state index contributed by atoms with van der Waals surface area (Å²) in [6.07, 6.45) is 6.18. The van der Waals surface area contributed by atoms with Gasteiger partial charge < -0.3 is 20.4 Å². The van der Waals surface area contributed by atoms with E-state index in [9.17, 15) is 9.59 Å². The largest absolute Gasteiger partial charge is 0.467 e. The summed E-state index contributed by atoms with van der Waals surface area (Å²) in [5.41, 5.74) is 0. The number of hydrogen-bond donors (Lipinski definition) is 3. The molecule has 2 saturated heterocycles. The second-order valence-corrected chi connectivity index (χ2v) is 6.18. The van der Waals surface area contributed by atoms with Crippen LogP contribution in [0.2, 0.25) is 0 Å². The fourth-order valence-corrected chi connectivity index (χ4v) is 3.46. The van der Waals surface area contributed by atoms with Gasteiger partial charge in [-0.15, -0.1) is 0 Å². The maximum atomic E-state index is 12.0. The Morgan fingerprint density at radius 2 is 2.13 bits per heavy atom. The van der Waals surface area contributed by atoms with Gasteiger partial charge in [0, 0.05) is 18.6 Å². The lowest BCUT2D eigenvalue weighted by molar-refractivity contribution is -0.120. The Kier molecular flexibility index (Phi) is 5.17. The Morgan fingerprint density at radius 1 is 1.22 bits per heavy atom. The maximum absolute atomic E-state index is 12.0. The van der Waals surface area contributed by atoms with Gasteiger partial charge in [0.2, 0.25) is 5.91 Å². The molecule has 126 valence electrons. The van der Waals surface area contributed by atoms with Crippen molar-refractivity contribution in [1.29, 1.82) is 0 Å². The van der Waals surface area contributed by atoms with Crippen molar-refractivity contribution >= 4 is 11.9 Å². The molecule has 1 aromatic rings. The molecule has 0 saturated carbocycles. The summed E-state index contributed by atoms with van der Waals surface area (Å²) in [5.74, 6) is 0.452. The Hall–Kier alpha value is -2.02. The van der Waals surface area contributed by atoms with Crippen molar-refractivity contribution in [3.63, 3.8) is 0 Å². The topological polar surface area (TPSA) is 86.6 Å². The van der Waals surface area contributed by atoms with E-state index in [-0.39, 0.29) is 24.5 Å². The molecule has 0 spiro atoms. The van der Waals surface area contributed by atoms with Crippen LogP contribution in [0.3, 0.4) is 0 Å². The summed E-state index contributed by atoms with van der Waals surface area (Å²) in [4.78, 5) is 26.1. The molecule has 0 bridgehead atoms. The van der Waals surface area contributed by atoms with Crippen molar-refractivity contribution in [2.45, 2.75) is 44.3 Å². The highest BCUT2D eigenvalue weighted by Gasteiger charge is 2.36. The second kappa shape index (κ2) is 7.50. The van der Waals surface area contributed by atoms with Gasteiger partial charge in [0.1, 0.15) is 5.76 Å². The molecule has 23 heavy (non-hydrogen) atoms. The van der Waals surface area contributed by atoms with Crippen molar-refractivity contribution in [3.8, 4) is 0 Å². The number of nitrogens with zero attached hydrogens (tertiary/aromatic N) is 1. The van der Waals surface area contributed by atoms with Gasteiger partial charge in [-0.2, -0.15) is 0 Å². The van der Waals surface area contributed by atoms with Crippen LogP contribution in [-0.2, 0) is 11.3 Å². The number of nitrogens with one attached hydrogen (secondary N) is 3. The third-order valence-corrected chi connectivity index (χ3v) is 4.62. The molecule has 2 atom stereocenters. The molecule has 3 rings (SSSR count). The average Bonchev–Trinajstić information content (AvgIpc) is 3.21. The standard InChI is InChI=1S/C16H24N4O3/c21-15(17-10-12-4-3-9-23-12)11-18-16(22)19-13-6-8-20-7-2-1-5-14(13)20/h3-4,9,13-14H,1-2,5-8,10-11H2,(H,17,21)(H2,18,19,22). The molecule has 7 nitrogen and oxygen atoms in total. The molecule has 2 fully saturated rings. The summed E-state index contributed by atoms with van der Waals surface area (Å²) < 4.78 is 5.13. The Bertz CT molecular complexity index is 531. The molecular formula is C16H24N4O3. The van der Waals surface area contributed by atoms with Crippen LogP contribution in [0, 0.1) is 0 Å². The fourth-order valence-electron chi connectivity index (χ4n) is 3.46. The molecule has 2 unspecified atom stereocenters. The smallest absolute Gasteiger partial charge is 0.315 e. The lowest BCUT2D eigenvalue weighted by atomic mass is 9.99. The highest BCUT2D eigenvalue weighted by Crippen LogP contribution is 2.26. The first-order valence-corrected chi connectivity index (χ1v) is 8.30. The number of urea groups is 1. The minimum atomic E-state index is -0.268. The van der Waals surface area contributed by atoms with Crippen LogP contribution in [0.1, 0.15) is 31.4 Å². The number of rotatable bonds is 5. The molecule has 2 aliphatic rings. The first-order chi connectivity index (χ1) is 11.2. The molecule has 0 aliphatic carbocycles. The van der Waals surface area contributed by atoms with Crippen molar-refractivity contribution in [2.75, 3.05) is 19.6 Å². The minimum Gasteiger partial charge on any atom is -0.467 e. The maximum Gasteiger partial charge on any atom is 0.315 e. The van der Waals surface area contributed by atoms with E-state index in [0.29, 0.717) is 18.3 Å². The minimum absolute atomic E-state index is 0.0341. The van der Waals surface area contributed by atoms with Crippen LogP contribution in [0.25, 0.3) is 0 Å². The summed E-state index contributed by atoms with van der Waals surface area (Å²) in [6.45, 7) is 2.49. The van der Waals surface area contributed by atoms with Crippen LogP contribution in [0.4, 0.5) is 4.79 Å². The number of fused-ring (bicyclic) bond motifs is 1. The summed E-state index contributed by atoms with van der Waals surface area (Å²) in [5, 5.41) is 8.33. The predicted octanol–water partition coefficient (Wildman–Crippen LogP) is 0.822. The van der Waals surface area contributed by atoms with Gasteiger partial charge in [0.15, 0.2) is 0 Å². The van der Waals surface area contributed by atoms with Crippen molar-refractivity contribution in [1.82, 2.24) is 20.9 Å². The zero-order valence-electron chi connectivity index (χ0n) is 13.2. The van der Waals surface area contributed by atoms with E-state index >= 15 is 0 Å². The zero-order valence-corrected chi connectivity index (χ0v) is 13.2. The van der Waals surface area contributed by atoms with Crippen LogP contribution in [-0.4, -0.2) is 48.6 Å². The SMILES string of the molecule is O=C(CNC(=O)NC1CCN2CCCCC12)NCc1ccco1. The summed E-state index contributed by atoms with van der Waals surface area (Å²) in [7, 11) is 0. The fraction of sp³-hybridized carbons (Fsp3) is 0.625. The van der Waals surface area contributed by atoms with E-state index in [2.05, 4.69) is 20.9 Å². The predicted molar refractivity (Wildman–Crippen MR) is 84.7 cm³/mol. The average molecular weight is 320 g/mol. The van der Waals surface area contributed by atoms with Crippen LogP contribution >= 0.6 is 0 Å². The molecule has 7 heteroatoms. The molecule has 2 aliphatic heterocycles. The Balaban J connectivity index is 1.35.